The fourth-order valence-electron chi connectivity index (χ4n) is 3.45. The van der Waals surface area contributed by atoms with Crippen molar-refractivity contribution in [3.63, 3.8) is 0 Å². The van der Waals surface area contributed by atoms with Gasteiger partial charge in [-0.3, -0.25) is 4.68 Å². The fraction of sp³-hybridized carbons (Fsp3) is 0.750. The largest absolute Gasteiger partial charge is 0.315 e. The summed E-state index contributed by atoms with van der Waals surface area (Å²) in [4.78, 5) is 0. The molecular weight excluding hydrogens is 186 g/mol. The number of aromatic nitrogens is 2. The van der Waals surface area contributed by atoms with Gasteiger partial charge < -0.3 is 5.32 Å². The van der Waals surface area contributed by atoms with Crippen molar-refractivity contribution >= 4 is 0 Å². The van der Waals surface area contributed by atoms with Crippen molar-refractivity contribution in [2.45, 2.75) is 31.6 Å². The minimum atomic E-state index is 0.536. The first-order valence-corrected chi connectivity index (χ1v) is 6.00. The average Bonchev–Trinajstić information content (AvgIpc) is 2.90. The van der Waals surface area contributed by atoms with E-state index in [9.17, 15) is 0 Å². The monoisotopic (exact) mass is 205 g/mol. The smallest absolute Gasteiger partial charge is 0.0674 e. The number of aryl methyl sites for hydroxylation is 1. The molecular formula is C12H19N3. The first kappa shape index (κ1) is 9.40. The highest BCUT2D eigenvalue weighted by molar-refractivity contribution is 5.17. The van der Waals surface area contributed by atoms with Gasteiger partial charge in [-0.05, 0) is 24.3 Å². The van der Waals surface area contributed by atoms with Crippen molar-refractivity contribution in [1.29, 1.82) is 0 Å². The number of nitrogens with zero attached hydrogens (tertiary/aromatic N) is 2. The van der Waals surface area contributed by atoms with E-state index >= 15 is 0 Å². The molecule has 1 aromatic rings. The standard InChI is InChI=1S/C12H19N3/c1-15-7-4-11(14-15)10-8-13-9-12(10)5-2-3-6-12/h4,7,10,13H,2-3,5-6,8-9H2,1H3/t10-/m0/s1. The molecule has 0 radical (unpaired) electrons. The van der Waals surface area contributed by atoms with Gasteiger partial charge in [0.1, 0.15) is 0 Å². The SMILES string of the molecule is Cn1ccc([C@@H]2CNCC23CCCC3)n1. The van der Waals surface area contributed by atoms with Crippen LogP contribution >= 0.6 is 0 Å². The Morgan fingerprint density at radius 1 is 1.47 bits per heavy atom. The molecule has 1 aliphatic heterocycles. The number of hydrogen-bond acceptors (Lipinski definition) is 2. The van der Waals surface area contributed by atoms with Gasteiger partial charge >= 0.3 is 0 Å². The predicted molar refractivity (Wildman–Crippen MR) is 59.7 cm³/mol. The third-order valence-corrected chi connectivity index (χ3v) is 4.26. The van der Waals surface area contributed by atoms with Gasteiger partial charge in [0, 0.05) is 32.3 Å². The molecule has 0 unspecified atom stereocenters. The molecule has 82 valence electrons. The van der Waals surface area contributed by atoms with Crippen LogP contribution in [0.1, 0.15) is 37.3 Å². The van der Waals surface area contributed by atoms with E-state index in [-0.39, 0.29) is 0 Å². The van der Waals surface area contributed by atoms with Gasteiger partial charge in [0.05, 0.1) is 5.69 Å². The quantitative estimate of drug-likeness (QED) is 0.755. The maximum absolute atomic E-state index is 4.59. The molecule has 1 aromatic heterocycles. The van der Waals surface area contributed by atoms with Gasteiger partial charge in [-0.2, -0.15) is 5.10 Å². The van der Waals surface area contributed by atoms with E-state index in [1.807, 2.05) is 11.7 Å². The topological polar surface area (TPSA) is 29.9 Å². The lowest BCUT2D eigenvalue weighted by Crippen LogP contribution is -2.25. The summed E-state index contributed by atoms with van der Waals surface area (Å²) in [6, 6.07) is 2.19. The molecule has 1 atom stereocenters. The summed E-state index contributed by atoms with van der Waals surface area (Å²) >= 11 is 0. The van der Waals surface area contributed by atoms with Crippen LogP contribution in [-0.2, 0) is 7.05 Å². The lowest BCUT2D eigenvalue weighted by atomic mass is 9.75. The van der Waals surface area contributed by atoms with E-state index in [4.69, 9.17) is 0 Å². The Balaban J connectivity index is 1.91. The Kier molecular flexibility index (Phi) is 2.09. The third kappa shape index (κ3) is 1.41. The zero-order chi connectivity index (χ0) is 10.3. The fourth-order valence-corrected chi connectivity index (χ4v) is 3.45. The number of rotatable bonds is 1. The molecule has 1 saturated heterocycles. The summed E-state index contributed by atoms with van der Waals surface area (Å²) in [6.45, 7) is 2.32. The second-order valence-corrected chi connectivity index (χ2v) is 5.17. The maximum Gasteiger partial charge on any atom is 0.0674 e. The van der Waals surface area contributed by atoms with Gasteiger partial charge in [0.15, 0.2) is 0 Å². The minimum Gasteiger partial charge on any atom is -0.315 e. The van der Waals surface area contributed by atoms with Gasteiger partial charge in [-0.25, -0.2) is 0 Å². The van der Waals surface area contributed by atoms with Gasteiger partial charge in [-0.1, -0.05) is 12.8 Å². The maximum atomic E-state index is 4.59. The molecule has 15 heavy (non-hydrogen) atoms. The molecule has 0 amide bonds. The van der Waals surface area contributed by atoms with Gasteiger partial charge in [-0.15, -0.1) is 0 Å². The van der Waals surface area contributed by atoms with Gasteiger partial charge in [0.2, 0.25) is 0 Å². The molecule has 2 aliphatic rings. The van der Waals surface area contributed by atoms with Crippen LogP contribution in [0.5, 0.6) is 0 Å². The summed E-state index contributed by atoms with van der Waals surface area (Å²) in [7, 11) is 2.01. The Hall–Kier alpha value is -0.830. The Labute approximate surface area is 90.9 Å². The normalized spacial score (nSPS) is 29.0. The molecule has 3 nitrogen and oxygen atoms in total. The van der Waals surface area contributed by atoms with Crippen LogP contribution in [-0.4, -0.2) is 22.9 Å². The van der Waals surface area contributed by atoms with E-state index < -0.39 is 0 Å². The zero-order valence-electron chi connectivity index (χ0n) is 9.37. The molecule has 3 rings (SSSR count). The van der Waals surface area contributed by atoms with Crippen molar-refractivity contribution in [2.75, 3.05) is 13.1 Å². The van der Waals surface area contributed by atoms with Crippen LogP contribution in [0.15, 0.2) is 12.3 Å². The van der Waals surface area contributed by atoms with E-state index in [0.29, 0.717) is 11.3 Å². The zero-order valence-corrected chi connectivity index (χ0v) is 9.37. The van der Waals surface area contributed by atoms with E-state index in [1.165, 1.54) is 37.9 Å². The summed E-state index contributed by atoms with van der Waals surface area (Å²) in [5.74, 6) is 0.654. The van der Waals surface area contributed by atoms with Crippen molar-refractivity contribution in [1.82, 2.24) is 15.1 Å². The van der Waals surface area contributed by atoms with Crippen molar-refractivity contribution in [2.24, 2.45) is 12.5 Å². The predicted octanol–water partition coefficient (Wildman–Crippen LogP) is 1.67. The molecule has 1 saturated carbocycles. The number of nitrogens with one attached hydrogen (secondary N) is 1. The second kappa shape index (κ2) is 3.34. The Morgan fingerprint density at radius 2 is 2.27 bits per heavy atom. The van der Waals surface area contributed by atoms with Crippen LogP contribution in [0.3, 0.4) is 0 Å². The minimum absolute atomic E-state index is 0.536. The summed E-state index contributed by atoms with van der Waals surface area (Å²) in [5.41, 5.74) is 1.83. The van der Waals surface area contributed by atoms with E-state index in [0.717, 1.165) is 6.54 Å². The van der Waals surface area contributed by atoms with Crippen molar-refractivity contribution in [3.05, 3.63) is 18.0 Å². The molecule has 0 aromatic carbocycles. The number of hydrogen-bond donors (Lipinski definition) is 1. The molecule has 3 heteroatoms. The summed E-state index contributed by atoms with van der Waals surface area (Å²) < 4.78 is 1.93. The molecule has 2 heterocycles. The van der Waals surface area contributed by atoms with Crippen LogP contribution in [0.2, 0.25) is 0 Å². The highest BCUT2D eigenvalue weighted by Gasteiger charge is 2.46. The Bertz CT molecular complexity index is 344. The lowest BCUT2D eigenvalue weighted by molar-refractivity contribution is 0.290. The summed E-state index contributed by atoms with van der Waals surface area (Å²) in [6.07, 6.45) is 7.66. The van der Waals surface area contributed by atoms with Crippen LogP contribution in [0.25, 0.3) is 0 Å². The summed E-state index contributed by atoms with van der Waals surface area (Å²) in [5, 5.41) is 8.15. The van der Waals surface area contributed by atoms with E-state index in [2.05, 4.69) is 22.7 Å². The molecule has 1 aliphatic carbocycles. The molecule has 0 bridgehead atoms. The third-order valence-electron chi connectivity index (χ3n) is 4.26. The average molecular weight is 205 g/mol. The van der Waals surface area contributed by atoms with Crippen LogP contribution in [0, 0.1) is 5.41 Å². The van der Waals surface area contributed by atoms with Gasteiger partial charge in [0.25, 0.3) is 0 Å². The Morgan fingerprint density at radius 3 is 2.93 bits per heavy atom. The molecule has 1 spiro atoms. The van der Waals surface area contributed by atoms with Crippen molar-refractivity contribution < 1.29 is 0 Å². The molecule has 1 N–H and O–H groups in total. The highest BCUT2D eigenvalue weighted by Crippen LogP contribution is 2.50. The van der Waals surface area contributed by atoms with Crippen LogP contribution < -0.4 is 5.32 Å². The van der Waals surface area contributed by atoms with E-state index in [1.54, 1.807) is 0 Å². The first-order chi connectivity index (χ1) is 7.30. The first-order valence-electron chi connectivity index (χ1n) is 6.00. The molecule has 2 fully saturated rings. The van der Waals surface area contributed by atoms with Crippen LogP contribution in [0.4, 0.5) is 0 Å². The second-order valence-electron chi connectivity index (χ2n) is 5.17. The lowest BCUT2D eigenvalue weighted by Gasteiger charge is -2.28. The van der Waals surface area contributed by atoms with Crippen molar-refractivity contribution in [3.8, 4) is 0 Å². The highest BCUT2D eigenvalue weighted by atomic mass is 15.3.